The minimum absolute atomic E-state index is 0. The molecule has 0 aliphatic heterocycles. The third-order valence-corrected chi connectivity index (χ3v) is 0. The Labute approximate surface area is 81.0 Å². The van der Waals surface area contributed by atoms with Crippen molar-refractivity contribution in [1.82, 2.24) is 0 Å². The number of hydrogen-bond donors (Lipinski definition) is 4. The van der Waals surface area contributed by atoms with Crippen molar-refractivity contribution in [1.29, 1.82) is 0 Å². The smallest absolute Gasteiger partial charge is 0.394 e. The van der Waals surface area contributed by atoms with Crippen LogP contribution in [0.1, 0.15) is 0 Å². The molecule has 12 heteroatoms. The summed E-state index contributed by atoms with van der Waals surface area (Å²) in [5, 5.41) is 0. The maximum atomic E-state index is 8.74. The first kappa shape index (κ1) is 22.8. The molecule has 0 saturated heterocycles. The maximum Gasteiger partial charge on any atom is 0.394 e. The number of rotatable bonds is 0. The fourth-order valence-electron chi connectivity index (χ4n) is 0. The van der Waals surface area contributed by atoms with Crippen molar-refractivity contribution in [3.63, 3.8) is 0 Å². The van der Waals surface area contributed by atoms with E-state index in [0.29, 0.717) is 0 Å². The normalized spacial score (nSPS) is 9.67. The predicted octanol–water partition coefficient (Wildman–Crippen LogP) is -2.13. The van der Waals surface area contributed by atoms with Gasteiger partial charge in [0, 0.05) is 19.5 Å². The molecule has 0 atom stereocenters. The van der Waals surface area contributed by atoms with Gasteiger partial charge in [0.05, 0.1) is 0 Å². The van der Waals surface area contributed by atoms with Crippen molar-refractivity contribution in [2.75, 3.05) is 0 Å². The Morgan fingerprint density at radius 3 is 0.667 bits per heavy atom. The second kappa shape index (κ2) is 7.95. The van der Waals surface area contributed by atoms with E-state index in [4.69, 9.17) is 35.0 Å². The molecule has 0 heterocycles. The summed E-state index contributed by atoms with van der Waals surface area (Å²) in [6.45, 7) is 0. The van der Waals surface area contributed by atoms with Crippen LogP contribution in [0.2, 0.25) is 0 Å². The quantitative estimate of drug-likeness (QED) is 0.286. The molecule has 0 spiro atoms. The van der Waals surface area contributed by atoms with E-state index in [0.717, 1.165) is 0 Å². The summed E-state index contributed by atoms with van der Waals surface area (Å²) in [6, 6.07) is 0. The largest absolute Gasteiger partial charge is 0.412 e. The zero-order chi connectivity index (χ0) is 9.00. The van der Waals surface area contributed by atoms with E-state index in [9.17, 15) is 0 Å². The van der Waals surface area contributed by atoms with Gasteiger partial charge in [0.15, 0.2) is 0 Å². The first-order valence-corrected chi connectivity index (χ1v) is 4.19. The van der Waals surface area contributed by atoms with Gasteiger partial charge in [0.1, 0.15) is 0 Å². The molecule has 0 aromatic rings. The van der Waals surface area contributed by atoms with Gasteiger partial charge in [0.2, 0.25) is 0 Å². The molecule has 0 fully saturated rings. The zero-order valence-electron chi connectivity index (χ0n) is 5.45. The van der Waals surface area contributed by atoms with E-state index in [1.807, 2.05) is 0 Å². The van der Waals surface area contributed by atoms with Gasteiger partial charge < -0.3 is 5.48 Å². The van der Waals surface area contributed by atoms with Crippen LogP contribution in [0.3, 0.4) is 0 Å². The Bertz CT molecular complexity index is 209. The number of hydrogen-bond acceptors (Lipinski definition) is 4. The third kappa shape index (κ3) is 8580. The minimum Gasteiger partial charge on any atom is -0.412 e. The molecular weight excluding hydrogens is 274 g/mol. The molecule has 0 bridgehead atoms. The van der Waals surface area contributed by atoms with E-state index in [-0.39, 0.29) is 25.0 Å². The molecule has 0 aromatic heterocycles. The van der Waals surface area contributed by atoms with Crippen molar-refractivity contribution in [2.24, 2.45) is 0 Å². The van der Waals surface area contributed by atoms with Crippen molar-refractivity contribution >= 4 is 20.8 Å². The average molecular weight is 280 g/mol. The van der Waals surface area contributed by atoms with Gasteiger partial charge in [0.25, 0.3) is 0 Å². The molecule has 0 aromatic carbocycles. The molecule has 0 unspecified atom stereocenters. The van der Waals surface area contributed by atoms with E-state index >= 15 is 0 Å². The molecule has 0 aliphatic carbocycles. The summed E-state index contributed by atoms with van der Waals surface area (Å²) >= 11 is 0. The standard InChI is InChI=1S/2H2O4S.H2O.Zn/c2*1-5(2,3)4;;/h2*(H2,1,2,3,4);1H2;. The van der Waals surface area contributed by atoms with Crippen LogP contribution >= 0.6 is 0 Å². The van der Waals surface area contributed by atoms with E-state index in [1.165, 1.54) is 0 Å². The molecular formula is H6O9S2Zn. The van der Waals surface area contributed by atoms with Crippen LogP contribution in [0.4, 0.5) is 0 Å². The fraction of sp³-hybridized carbons (Fsp3) is 0. The molecule has 12 heavy (non-hydrogen) atoms. The van der Waals surface area contributed by atoms with Crippen LogP contribution in [0.5, 0.6) is 0 Å². The van der Waals surface area contributed by atoms with Crippen molar-refractivity contribution in [3.05, 3.63) is 0 Å². The summed E-state index contributed by atoms with van der Waals surface area (Å²) in [5.41, 5.74) is 0. The average Bonchev–Trinajstić information content (AvgIpc) is 1.12. The van der Waals surface area contributed by atoms with Gasteiger partial charge in [-0.05, 0) is 0 Å². The van der Waals surface area contributed by atoms with Crippen LogP contribution < -0.4 is 0 Å². The summed E-state index contributed by atoms with van der Waals surface area (Å²) in [4.78, 5) is 0. The zero-order valence-corrected chi connectivity index (χ0v) is 10.0. The van der Waals surface area contributed by atoms with E-state index in [2.05, 4.69) is 0 Å². The van der Waals surface area contributed by atoms with Crippen LogP contribution in [-0.4, -0.2) is 40.5 Å². The van der Waals surface area contributed by atoms with Gasteiger partial charge in [-0.25, -0.2) is 0 Å². The second-order valence-corrected chi connectivity index (χ2v) is 2.69. The molecule has 74 valence electrons. The van der Waals surface area contributed by atoms with Crippen molar-refractivity contribution in [2.45, 2.75) is 0 Å². The second-order valence-electron chi connectivity index (χ2n) is 0.896. The SMILES string of the molecule is O.O=S(=O)(O)O.O=S(=O)(O)O.[Zn]. The summed E-state index contributed by atoms with van der Waals surface area (Å²) in [5.74, 6) is 0. The van der Waals surface area contributed by atoms with Crippen LogP contribution in [0.25, 0.3) is 0 Å². The van der Waals surface area contributed by atoms with Crippen molar-refractivity contribution < 1.29 is 60.0 Å². The predicted molar refractivity (Wildman–Crippen MR) is 32.0 cm³/mol. The Hall–Kier alpha value is 0.323. The van der Waals surface area contributed by atoms with Gasteiger partial charge >= 0.3 is 20.8 Å². The monoisotopic (exact) mass is 278 g/mol. The summed E-state index contributed by atoms with van der Waals surface area (Å²) in [6.07, 6.45) is 0. The summed E-state index contributed by atoms with van der Waals surface area (Å²) in [7, 11) is -9.33. The Morgan fingerprint density at radius 1 is 0.667 bits per heavy atom. The van der Waals surface area contributed by atoms with Gasteiger partial charge in [-0.3, -0.25) is 18.2 Å². The Balaban J connectivity index is -0.0000000457. The van der Waals surface area contributed by atoms with Gasteiger partial charge in [-0.1, -0.05) is 0 Å². The van der Waals surface area contributed by atoms with Gasteiger partial charge in [-0.15, -0.1) is 0 Å². The molecule has 0 aliphatic rings. The molecule has 0 amide bonds. The molecule has 0 rings (SSSR count). The molecule has 0 saturated carbocycles. The maximum absolute atomic E-state index is 8.74. The van der Waals surface area contributed by atoms with E-state index < -0.39 is 20.8 Å². The summed E-state index contributed by atoms with van der Waals surface area (Å²) < 4.78 is 63.2. The van der Waals surface area contributed by atoms with Gasteiger partial charge in [-0.2, -0.15) is 16.8 Å². The third-order valence-electron chi connectivity index (χ3n) is 0. The van der Waals surface area contributed by atoms with E-state index in [1.54, 1.807) is 0 Å². The minimum atomic E-state index is -4.67. The fourth-order valence-corrected chi connectivity index (χ4v) is 0. The van der Waals surface area contributed by atoms with Crippen LogP contribution in [0, 0.1) is 0 Å². The first-order chi connectivity index (χ1) is 4.00. The molecule has 9 nitrogen and oxygen atoms in total. The molecule has 6 N–H and O–H groups in total. The van der Waals surface area contributed by atoms with Crippen LogP contribution in [0.15, 0.2) is 0 Å². The van der Waals surface area contributed by atoms with Crippen LogP contribution in [-0.2, 0) is 40.3 Å². The Morgan fingerprint density at radius 2 is 0.667 bits per heavy atom. The topological polar surface area (TPSA) is 181 Å². The molecule has 0 radical (unpaired) electrons. The Kier molecular flexibility index (Phi) is 15.1. The first-order valence-electron chi connectivity index (χ1n) is 1.40. The van der Waals surface area contributed by atoms with Crippen molar-refractivity contribution in [3.8, 4) is 0 Å².